The summed E-state index contributed by atoms with van der Waals surface area (Å²) in [5.74, 6) is 1.52. The van der Waals surface area contributed by atoms with Crippen LogP contribution in [0.1, 0.15) is 45.6 Å². The minimum atomic E-state index is 0.133. The molecule has 0 spiro atoms. The van der Waals surface area contributed by atoms with Gasteiger partial charge in [0.25, 0.3) is 5.24 Å². The van der Waals surface area contributed by atoms with Gasteiger partial charge < -0.3 is 5.32 Å². The molecule has 2 nitrogen and oxygen atoms in total. The summed E-state index contributed by atoms with van der Waals surface area (Å²) in [6.45, 7) is 7.13. The third-order valence-electron chi connectivity index (χ3n) is 6.30. The van der Waals surface area contributed by atoms with Gasteiger partial charge in [-0.2, -0.15) is 0 Å². The van der Waals surface area contributed by atoms with Crippen LogP contribution in [0.5, 0.6) is 0 Å². The van der Waals surface area contributed by atoms with Crippen molar-refractivity contribution in [2.75, 3.05) is 0 Å². The first-order valence-electron chi connectivity index (χ1n) is 7.91. The normalized spacial score (nSPS) is 33.1. The molecule has 114 valence electrons. The first kappa shape index (κ1) is 15.0. The molecule has 0 unspecified atom stereocenters. The van der Waals surface area contributed by atoms with Crippen LogP contribution in [-0.4, -0.2) is 11.3 Å². The number of hydrogen-bond donors (Lipinski definition) is 1. The van der Waals surface area contributed by atoms with Gasteiger partial charge in [0.05, 0.1) is 0 Å². The predicted molar refractivity (Wildman–Crippen MR) is 89.3 cm³/mol. The van der Waals surface area contributed by atoms with E-state index in [1.807, 2.05) is 18.2 Å². The topological polar surface area (TPSA) is 29.1 Å². The van der Waals surface area contributed by atoms with Crippen LogP contribution in [0, 0.1) is 16.7 Å². The lowest BCUT2D eigenvalue weighted by molar-refractivity contribution is 0.126. The Morgan fingerprint density at radius 2 is 2.00 bits per heavy atom. The third-order valence-corrected chi connectivity index (χ3v) is 7.16. The van der Waals surface area contributed by atoms with Crippen molar-refractivity contribution in [2.45, 2.75) is 51.8 Å². The lowest BCUT2D eigenvalue weighted by Crippen LogP contribution is -2.45. The average molecular weight is 303 g/mol. The Morgan fingerprint density at radius 1 is 1.29 bits per heavy atom. The molecule has 0 aromatic heterocycles. The molecule has 0 radical (unpaired) electrons. The van der Waals surface area contributed by atoms with Crippen molar-refractivity contribution in [3.8, 4) is 0 Å². The van der Waals surface area contributed by atoms with Crippen LogP contribution in [-0.2, 0) is 5.75 Å². The second-order valence-electron chi connectivity index (χ2n) is 7.37. The monoisotopic (exact) mass is 303 g/mol. The van der Waals surface area contributed by atoms with E-state index in [0.29, 0.717) is 11.5 Å². The summed E-state index contributed by atoms with van der Waals surface area (Å²) < 4.78 is 0. The highest BCUT2D eigenvalue weighted by Crippen LogP contribution is 2.65. The van der Waals surface area contributed by atoms with Crippen LogP contribution in [0.15, 0.2) is 30.3 Å². The van der Waals surface area contributed by atoms with E-state index in [1.54, 1.807) is 0 Å². The summed E-state index contributed by atoms with van der Waals surface area (Å²) >= 11 is 1.39. The molecule has 1 N–H and O–H groups in total. The van der Waals surface area contributed by atoms with Crippen LogP contribution < -0.4 is 5.32 Å². The molecule has 1 aromatic carbocycles. The number of carbonyl (C=O) groups is 1. The Bertz CT molecular complexity index is 527. The molecule has 2 aliphatic carbocycles. The molecule has 2 saturated carbocycles. The highest BCUT2D eigenvalue weighted by Gasteiger charge is 2.61. The van der Waals surface area contributed by atoms with Crippen molar-refractivity contribution in [3.05, 3.63) is 35.9 Å². The molecule has 21 heavy (non-hydrogen) atoms. The Morgan fingerprint density at radius 3 is 2.57 bits per heavy atom. The molecule has 2 aliphatic rings. The third kappa shape index (κ3) is 2.50. The van der Waals surface area contributed by atoms with Gasteiger partial charge in [-0.05, 0) is 41.6 Å². The zero-order chi connectivity index (χ0) is 15.1. The summed E-state index contributed by atoms with van der Waals surface area (Å²) in [6.07, 6.45) is 3.73. The molecule has 1 aromatic rings. The molecular weight excluding hydrogens is 278 g/mol. The Hall–Kier alpha value is -0.960. The van der Waals surface area contributed by atoms with Crippen molar-refractivity contribution in [1.82, 2.24) is 5.32 Å². The molecule has 3 rings (SSSR count). The van der Waals surface area contributed by atoms with E-state index in [0.717, 1.165) is 18.1 Å². The number of benzene rings is 1. The highest BCUT2D eigenvalue weighted by molar-refractivity contribution is 8.12. The van der Waals surface area contributed by atoms with Gasteiger partial charge in [-0.25, -0.2) is 0 Å². The molecule has 0 heterocycles. The smallest absolute Gasteiger partial charge is 0.279 e. The molecule has 3 atom stereocenters. The van der Waals surface area contributed by atoms with E-state index in [1.165, 1.54) is 30.2 Å². The summed E-state index contributed by atoms with van der Waals surface area (Å²) in [7, 11) is 0. The fourth-order valence-corrected chi connectivity index (χ4v) is 5.04. The lowest BCUT2D eigenvalue weighted by Gasteiger charge is -2.39. The quantitative estimate of drug-likeness (QED) is 0.865. The number of rotatable bonds is 3. The maximum absolute atomic E-state index is 12.3. The van der Waals surface area contributed by atoms with Crippen molar-refractivity contribution >= 4 is 17.0 Å². The number of hydrogen-bond acceptors (Lipinski definition) is 2. The number of thioether (sulfide) groups is 1. The first-order valence-corrected chi connectivity index (χ1v) is 8.89. The number of carbonyl (C=O) groups excluding carboxylic acids is 1. The zero-order valence-corrected chi connectivity index (χ0v) is 14.0. The highest BCUT2D eigenvalue weighted by atomic mass is 32.2. The molecule has 2 fully saturated rings. The van der Waals surface area contributed by atoms with Gasteiger partial charge in [-0.3, -0.25) is 4.79 Å². The number of amides is 1. The SMILES string of the molecule is CC1(C)[C@H]2CC[C@]1(C)[C@H](NC(=O)SCc1ccccc1)C2. The van der Waals surface area contributed by atoms with Gasteiger partial charge in [0, 0.05) is 11.8 Å². The lowest BCUT2D eigenvalue weighted by atomic mass is 9.69. The average Bonchev–Trinajstić information content (AvgIpc) is 2.79. The van der Waals surface area contributed by atoms with Crippen molar-refractivity contribution < 1.29 is 4.79 Å². The van der Waals surface area contributed by atoms with Crippen molar-refractivity contribution in [3.63, 3.8) is 0 Å². The zero-order valence-electron chi connectivity index (χ0n) is 13.2. The van der Waals surface area contributed by atoms with Gasteiger partial charge in [-0.1, -0.05) is 62.9 Å². The summed E-state index contributed by atoms with van der Waals surface area (Å²) in [4.78, 5) is 12.3. The van der Waals surface area contributed by atoms with Crippen LogP contribution in [0.4, 0.5) is 4.79 Å². The van der Waals surface area contributed by atoms with E-state index < -0.39 is 0 Å². The van der Waals surface area contributed by atoms with Crippen LogP contribution in [0.3, 0.4) is 0 Å². The van der Waals surface area contributed by atoms with E-state index in [-0.39, 0.29) is 10.7 Å². The summed E-state index contributed by atoms with van der Waals surface area (Å²) in [6, 6.07) is 10.5. The fraction of sp³-hybridized carbons (Fsp3) is 0.611. The van der Waals surface area contributed by atoms with E-state index >= 15 is 0 Å². The second-order valence-corrected chi connectivity index (χ2v) is 8.32. The minimum Gasteiger partial charge on any atom is -0.344 e. The van der Waals surface area contributed by atoms with Gasteiger partial charge in [0.15, 0.2) is 0 Å². The maximum atomic E-state index is 12.3. The van der Waals surface area contributed by atoms with E-state index in [2.05, 4.69) is 38.2 Å². The largest absolute Gasteiger partial charge is 0.344 e. The fourth-order valence-electron chi connectivity index (χ4n) is 4.33. The molecular formula is C18H25NOS. The Kier molecular flexibility index (Phi) is 3.81. The minimum absolute atomic E-state index is 0.133. The van der Waals surface area contributed by atoms with Crippen LogP contribution in [0.2, 0.25) is 0 Å². The van der Waals surface area contributed by atoms with Crippen molar-refractivity contribution in [1.29, 1.82) is 0 Å². The summed E-state index contributed by atoms with van der Waals surface area (Å²) in [5, 5.41) is 3.43. The molecule has 3 heteroatoms. The second kappa shape index (κ2) is 5.35. The Labute approximate surface area is 132 Å². The van der Waals surface area contributed by atoms with Gasteiger partial charge in [0.2, 0.25) is 0 Å². The van der Waals surface area contributed by atoms with Gasteiger partial charge in [0.1, 0.15) is 0 Å². The van der Waals surface area contributed by atoms with Gasteiger partial charge in [-0.15, -0.1) is 0 Å². The maximum Gasteiger partial charge on any atom is 0.279 e. The van der Waals surface area contributed by atoms with Crippen LogP contribution >= 0.6 is 11.8 Å². The first-order chi connectivity index (χ1) is 9.93. The summed E-state index contributed by atoms with van der Waals surface area (Å²) in [5.41, 5.74) is 1.83. The van der Waals surface area contributed by atoms with Gasteiger partial charge >= 0.3 is 0 Å². The molecule has 1 amide bonds. The van der Waals surface area contributed by atoms with Crippen molar-refractivity contribution in [2.24, 2.45) is 16.7 Å². The molecule has 0 saturated heterocycles. The number of nitrogens with one attached hydrogen (secondary N) is 1. The van der Waals surface area contributed by atoms with E-state index in [9.17, 15) is 4.79 Å². The Balaban J connectivity index is 1.57. The molecule has 0 aliphatic heterocycles. The number of fused-ring (bicyclic) bond motifs is 2. The predicted octanol–water partition coefficient (Wildman–Crippen LogP) is 4.84. The molecule has 2 bridgehead atoms. The van der Waals surface area contributed by atoms with E-state index in [4.69, 9.17) is 0 Å². The van der Waals surface area contributed by atoms with Crippen LogP contribution in [0.25, 0.3) is 0 Å². The standard InChI is InChI=1S/C18H25NOS/c1-17(2)14-9-10-18(17,3)15(11-14)19-16(20)21-12-13-7-5-4-6-8-13/h4-8,14-15H,9-12H2,1-3H3,(H,19,20)/t14-,15+,18+/m0/s1.